The molecule has 0 saturated carbocycles. The molecule has 6 heteroatoms. The van der Waals surface area contributed by atoms with Crippen LogP contribution < -0.4 is 5.32 Å². The molecule has 1 N–H and O–H groups in total. The lowest BCUT2D eigenvalue weighted by Crippen LogP contribution is -2.55. The number of carbonyl (C=O) groups is 2. The van der Waals surface area contributed by atoms with E-state index in [1.807, 2.05) is 21.6 Å². The fraction of sp³-hybridized carbons (Fsp3) is 0.833. The van der Waals surface area contributed by atoms with Crippen LogP contribution in [0.25, 0.3) is 0 Å². The molecule has 3 heterocycles. The molecule has 0 bridgehead atoms. The van der Waals surface area contributed by atoms with Gasteiger partial charge in [-0.15, -0.1) is 0 Å². The van der Waals surface area contributed by atoms with Crippen LogP contribution in [0.4, 0.5) is 4.79 Å². The minimum absolute atomic E-state index is 0.0289. The lowest BCUT2D eigenvalue weighted by Gasteiger charge is -2.38. The van der Waals surface area contributed by atoms with Gasteiger partial charge in [0.1, 0.15) is 0 Å². The number of hydrogen-bond acceptors (Lipinski definition) is 3. The summed E-state index contributed by atoms with van der Waals surface area (Å²) in [6.45, 7) is 2.78. The summed E-state index contributed by atoms with van der Waals surface area (Å²) in [4.78, 5) is 27.7. The Hall–Kier alpha value is -0.910. The molecule has 0 aliphatic carbocycles. The van der Waals surface area contributed by atoms with Gasteiger partial charge in [-0.25, -0.2) is 4.79 Å². The molecule has 0 aromatic heterocycles. The smallest absolute Gasteiger partial charge is 0.317 e. The molecule has 0 unspecified atom stereocenters. The van der Waals surface area contributed by atoms with Crippen molar-refractivity contribution in [1.29, 1.82) is 0 Å². The van der Waals surface area contributed by atoms with Gasteiger partial charge in [0.2, 0.25) is 5.91 Å². The van der Waals surface area contributed by atoms with Crippen molar-refractivity contribution in [2.45, 2.75) is 18.9 Å². The summed E-state index contributed by atoms with van der Waals surface area (Å²) in [7, 11) is 0. The van der Waals surface area contributed by atoms with E-state index in [-0.39, 0.29) is 18.0 Å². The number of thioether (sulfide) groups is 1. The van der Waals surface area contributed by atoms with E-state index in [2.05, 4.69) is 5.32 Å². The van der Waals surface area contributed by atoms with E-state index in [0.29, 0.717) is 32.1 Å². The summed E-state index contributed by atoms with van der Waals surface area (Å²) in [5.74, 6) is 2.76. The maximum atomic E-state index is 12.4. The van der Waals surface area contributed by atoms with Gasteiger partial charge in [-0.1, -0.05) is 0 Å². The SMILES string of the molecule is O=C(C1CCSCC1)N1CCN2C(=O)NC[C@@H]2C1. The highest BCUT2D eigenvalue weighted by molar-refractivity contribution is 7.99. The first-order valence-electron chi connectivity index (χ1n) is 6.66. The second-order valence-corrected chi connectivity index (χ2v) is 6.43. The summed E-state index contributed by atoms with van der Waals surface area (Å²) in [5.41, 5.74) is 0. The number of amides is 3. The van der Waals surface area contributed by atoms with Crippen molar-refractivity contribution in [3.63, 3.8) is 0 Å². The number of nitrogens with zero attached hydrogens (tertiary/aromatic N) is 2. The van der Waals surface area contributed by atoms with Gasteiger partial charge in [0.15, 0.2) is 0 Å². The van der Waals surface area contributed by atoms with E-state index in [1.165, 1.54) is 0 Å². The molecular formula is C12H19N3O2S. The van der Waals surface area contributed by atoms with Gasteiger partial charge < -0.3 is 15.1 Å². The molecule has 3 aliphatic rings. The molecule has 1 atom stereocenters. The highest BCUT2D eigenvalue weighted by Gasteiger charge is 2.38. The maximum Gasteiger partial charge on any atom is 0.317 e. The predicted octanol–water partition coefficient (Wildman–Crippen LogP) is 0.366. The zero-order chi connectivity index (χ0) is 12.5. The molecule has 0 aromatic rings. The molecule has 0 radical (unpaired) electrons. The highest BCUT2D eigenvalue weighted by Crippen LogP contribution is 2.25. The van der Waals surface area contributed by atoms with Crippen LogP contribution in [0.1, 0.15) is 12.8 Å². The van der Waals surface area contributed by atoms with Gasteiger partial charge in [-0.05, 0) is 24.3 Å². The average Bonchev–Trinajstić information content (AvgIpc) is 2.80. The molecule has 0 spiro atoms. The lowest BCUT2D eigenvalue weighted by molar-refractivity contribution is -0.137. The average molecular weight is 269 g/mol. The van der Waals surface area contributed by atoms with Crippen LogP contribution in [0, 0.1) is 5.92 Å². The summed E-state index contributed by atoms with van der Waals surface area (Å²) in [6.07, 6.45) is 2.04. The van der Waals surface area contributed by atoms with Gasteiger partial charge in [0, 0.05) is 32.1 Å². The number of hydrogen-bond donors (Lipinski definition) is 1. The summed E-state index contributed by atoms with van der Waals surface area (Å²) < 4.78 is 0. The van der Waals surface area contributed by atoms with Crippen molar-refractivity contribution in [2.24, 2.45) is 5.92 Å². The number of fused-ring (bicyclic) bond motifs is 1. The third-order valence-electron chi connectivity index (χ3n) is 4.11. The van der Waals surface area contributed by atoms with E-state index < -0.39 is 0 Å². The van der Waals surface area contributed by atoms with E-state index in [9.17, 15) is 9.59 Å². The Labute approximate surface area is 111 Å². The van der Waals surface area contributed by atoms with Crippen molar-refractivity contribution in [3.8, 4) is 0 Å². The minimum atomic E-state index is 0.0289. The van der Waals surface area contributed by atoms with Crippen LogP contribution in [0.3, 0.4) is 0 Å². The van der Waals surface area contributed by atoms with Crippen LogP contribution in [0.2, 0.25) is 0 Å². The van der Waals surface area contributed by atoms with Crippen molar-refractivity contribution in [3.05, 3.63) is 0 Å². The fourth-order valence-electron chi connectivity index (χ4n) is 3.01. The summed E-state index contributed by atoms with van der Waals surface area (Å²) in [6, 6.07) is 0.217. The normalized spacial score (nSPS) is 29.1. The third kappa shape index (κ3) is 2.18. The second kappa shape index (κ2) is 4.99. The van der Waals surface area contributed by atoms with Gasteiger partial charge in [-0.3, -0.25) is 4.79 Å². The van der Waals surface area contributed by atoms with Crippen molar-refractivity contribution in [2.75, 3.05) is 37.7 Å². The van der Waals surface area contributed by atoms with Crippen LogP contribution in [-0.4, -0.2) is 65.5 Å². The van der Waals surface area contributed by atoms with E-state index in [1.54, 1.807) is 0 Å². The first-order valence-corrected chi connectivity index (χ1v) is 7.82. The van der Waals surface area contributed by atoms with Gasteiger partial charge in [0.05, 0.1) is 6.04 Å². The van der Waals surface area contributed by atoms with Crippen molar-refractivity contribution < 1.29 is 9.59 Å². The minimum Gasteiger partial charge on any atom is -0.339 e. The molecule has 5 nitrogen and oxygen atoms in total. The summed E-state index contributed by atoms with van der Waals surface area (Å²) in [5, 5.41) is 2.85. The Morgan fingerprint density at radius 2 is 2.06 bits per heavy atom. The number of carbonyl (C=O) groups excluding carboxylic acids is 2. The van der Waals surface area contributed by atoms with Gasteiger partial charge in [-0.2, -0.15) is 11.8 Å². The predicted molar refractivity (Wildman–Crippen MR) is 70.5 cm³/mol. The zero-order valence-corrected chi connectivity index (χ0v) is 11.2. The van der Waals surface area contributed by atoms with Crippen LogP contribution in [0.5, 0.6) is 0 Å². The number of urea groups is 1. The number of nitrogens with one attached hydrogen (secondary N) is 1. The monoisotopic (exact) mass is 269 g/mol. The zero-order valence-electron chi connectivity index (χ0n) is 10.4. The van der Waals surface area contributed by atoms with Crippen LogP contribution in [0.15, 0.2) is 0 Å². The second-order valence-electron chi connectivity index (χ2n) is 5.20. The standard InChI is InChI=1S/C12H19N3O2S/c16-11(9-1-5-18-6-2-9)14-3-4-15-10(8-14)7-13-12(15)17/h9-10H,1-8H2,(H,13,17)/t10-/m1/s1. The molecule has 0 aromatic carbocycles. The Morgan fingerprint density at radius 1 is 1.28 bits per heavy atom. The molecule has 100 valence electrons. The largest absolute Gasteiger partial charge is 0.339 e. The summed E-state index contributed by atoms with van der Waals surface area (Å²) >= 11 is 1.94. The number of rotatable bonds is 1. The quantitative estimate of drug-likeness (QED) is 0.748. The van der Waals surface area contributed by atoms with Crippen molar-refractivity contribution >= 4 is 23.7 Å². The van der Waals surface area contributed by atoms with Gasteiger partial charge in [0.25, 0.3) is 0 Å². The van der Waals surface area contributed by atoms with Crippen molar-refractivity contribution in [1.82, 2.24) is 15.1 Å². The van der Waals surface area contributed by atoms with E-state index in [0.717, 1.165) is 24.3 Å². The first-order chi connectivity index (χ1) is 8.75. The molecule has 3 fully saturated rings. The molecule has 3 aliphatic heterocycles. The highest BCUT2D eigenvalue weighted by atomic mass is 32.2. The molecule has 18 heavy (non-hydrogen) atoms. The third-order valence-corrected chi connectivity index (χ3v) is 5.16. The van der Waals surface area contributed by atoms with Crippen LogP contribution in [-0.2, 0) is 4.79 Å². The van der Waals surface area contributed by atoms with Crippen LogP contribution >= 0.6 is 11.8 Å². The molecular weight excluding hydrogens is 250 g/mol. The molecule has 3 saturated heterocycles. The van der Waals surface area contributed by atoms with Gasteiger partial charge >= 0.3 is 6.03 Å². The Bertz CT molecular complexity index is 357. The topological polar surface area (TPSA) is 52.7 Å². The molecule has 3 amide bonds. The fourth-order valence-corrected chi connectivity index (χ4v) is 4.11. The van der Waals surface area contributed by atoms with E-state index >= 15 is 0 Å². The maximum absolute atomic E-state index is 12.4. The van der Waals surface area contributed by atoms with E-state index in [4.69, 9.17) is 0 Å². The Balaban J connectivity index is 1.60. The number of piperazine rings is 1. The Morgan fingerprint density at radius 3 is 2.83 bits per heavy atom. The molecule has 3 rings (SSSR count). The first kappa shape index (κ1) is 12.1. The Kier molecular flexibility index (Phi) is 3.37. The lowest BCUT2D eigenvalue weighted by atomic mass is 10.00.